The van der Waals surface area contributed by atoms with Crippen molar-refractivity contribution in [1.82, 2.24) is 15.2 Å². The van der Waals surface area contributed by atoms with E-state index in [0.29, 0.717) is 19.5 Å². The van der Waals surface area contributed by atoms with Crippen LogP contribution in [0.4, 0.5) is 4.79 Å². The van der Waals surface area contributed by atoms with Gasteiger partial charge in [-0.05, 0) is 36.0 Å². The second-order valence-electron chi connectivity index (χ2n) is 6.66. The molecule has 0 aliphatic carbocycles. The van der Waals surface area contributed by atoms with Crippen molar-refractivity contribution < 1.29 is 14.3 Å². The van der Waals surface area contributed by atoms with E-state index in [1.54, 1.807) is 6.20 Å². The zero-order chi connectivity index (χ0) is 19.1. The van der Waals surface area contributed by atoms with Crippen molar-refractivity contribution >= 4 is 12.0 Å². The fourth-order valence-electron chi connectivity index (χ4n) is 3.20. The monoisotopic (exact) mass is 367 g/mol. The smallest absolute Gasteiger partial charge is 0.410 e. The molecule has 142 valence electrons. The molecule has 27 heavy (non-hydrogen) atoms. The Balaban J connectivity index is 1.53. The average molecular weight is 367 g/mol. The van der Waals surface area contributed by atoms with Crippen LogP contribution in [0.2, 0.25) is 0 Å². The standard InChI is InChI=1S/C21H25N3O3/c1-2-16-11-18(13-22-12-16)14-23-20(25)19-9-6-10-24(19)21(26)27-15-17-7-4-3-5-8-17/h3-5,7-8,11-13,19H,2,6,9-10,14-15H2,1H3,(H,23,25)/t19-/m0/s1. The van der Waals surface area contributed by atoms with Crippen LogP contribution in [-0.2, 0) is 29.1 Å². The SMILES string of the molecule is CCc1cncc(CNC(=O)[C@@H]2CCCN2C(=O)OCc2ccccc2)c1. The minimum absolute atomic E-state index is 0.147. The molecule has 0 radical (unpaired) electrons. The second-order valence-corrected chi connectivity index (χ2v) is 6.66. The molecule has 1 aromatic carbocycles. The number of benzene rings is 1. The first-order valence-electron chi connectivity index (χ1n) is 9.35. The van der Waals surface area contributed by atoms with Crippen molar-refractivity contribution in [3.8, 4) is 0 Å². The van der Waals surface area contributed by atoms with Gasteiger partial charge in [0.25, 0.3) is 0 Å². The number of ether oxygens (including phenoxy) is 1. The van der Waals surface area contributed by atoms with Crippen LogP contribution >= 0.6 is 0 Å². The van der Waals surface area contributed by atoms with E-state index in [-0.39, 0.29) is 12.5 Å². The first-order valence-corrected chi connectivity index (χ1v) is 9.35. The number of pyridine rings is 1. The molecule has 1 atom stereocenters. The van der Waals surface area contributed by atoms with Crippen LogP contribution in [0.5, 0.6) is 0 Å². The molecular formula is C21H25N3O3. The van der Waals surface area contributed by atoms with Gasteiger partial charge in [0, 0.05) is 25.5 Å². The van der Waals surface area contributed by atoms with Crippen molar-refractivity contribution in [3.05, 3.63) is 65.5 Å². The highest BCUT2D eigenvalue weighted by molar-refractivity contribution is 5.86. The number of amides is 2. The molecule has 3 rings (SSSR count). The number of hydrogen-bond acceptors (Lipinski definition) is 4. The first-order chi connectivity index (χ1) is 13.2. The van der Waals surface area contributed by atoms with Crippen LogP contribution in [0.3, 0.4) is 0 Å². The van der Waals surface area contributed by atoms with Gasteiger partial charge in [0.1, 0.15) is 12.6 Å². The average Bonchev–Trinajstić information content (AvgIpc) is 3.21. The lowest BCUT2D eigenvalue weighted by Gasteiger charge is -2.23. The summed E-state index contributed by atoms with van der Waals surface area (Å²) < 4.78 is 5.38. The molecule has 2 amide bonds. The number of aromatic nitrogens is 1. The maximum atomic E-state index is 12.6. The lowest BCUT2D eigenvalue weighted by atomic mass is 10.1. The number of likely N-dealkylation sites (tertiary alicyclic amines) is 1. The molecule has 1 fully saturated rings. The molecule has 0 unspecified atom stereocenters. The number of nitrogens with one attached hydrogen (secondary N) is 1. The third-order valence-electron chi connectivity index (χ3n) is 4.72. The van der Waals surface area contributed by atoms with Crippen LogP contribution in [0.1, 0.15) is 36.5 Å². The number of rotatable bonds is 6. The summed E-state index contributed by atoms with van der Waals surface area (Å²) in [6.45, 7) is 3.22. The van der Waals surface area contributed by atoms with Gasteiger partial charge in [0.05, 0.1) is 0 Å². The molecule has 0 spiro atoms. The van der Waals surface area contributed by atoms with E-state index in [2.05, 4.69) is 17.2 Å². The van der Waals surface area contributed by atoms with E-state index in [1.165, 1.54) is 4.90 Å². The first kappa shape index (κ1) is 18.9. The minimum Gasteiger partial charge on any atom is -0.445 e. The van der Waals surface area contributed by atoms with Gasteiger partial charge in [0.15, 0.2) is 0 Å². The third-order valence-corrected chi connectivity index (χ3v) is 4.72. The van der Waals surface area contributed by atoms with Gasteiger partial charge in [-0.1, -0.05) is 43.3 Å². The zero-order valence-corrected chi connectivity index (χ0v) is 15.6. The molecule has 6 heteroatoms. The van der Waals surface area contributed by atoms with Crippen molar-refractivity contribution in [2.24, 2.45) is 0 Å². The Morgan fingerprint density at radius 2 is 1.96 bits per heavy atom. The highest BCUT2D eigenvalue weighted by atomic mass is 16.6. The van der Waals surface area contributed by atoms with Gasteiger partial charge in [-0.3, -0.25) is 14.7 Å². The minimum atomic E-state index is -0.476. The fourth-order valence-corrected chi connectivity index (χ4v) is 3.20. The summed E-state index contributed by atoms with van der Waals surface area (Å²) in [5.41, 5.74) is 3.02. The molecule has 2 aromatic rings. The molecule has 6 nitrogen and oxygen atoms in total. The molecule has 1 aromatic heterocycles. The van der Waals surface area contributed by atoms with Crippen LogP contribution in [0.25, 0.3) is 0 Å². The van der Waals surface area contributed by atoms with Gasteiger partial charge in [-0.15, -0.1) is 0 Å². The Morgan fingerprint density at radius 1 is 1.19 bits per heavy atom. The highest BCUT2D eigenvalue weighted by Crippen LogP contribution is 2.19. The van der Waals surface area contributed by atoms with Gasteiger partial charge in [0.2, 0.25) is 5.91 Å². The van der Waals surface area contributed by atoms with Crippen LogP contribution in [0, 0.1) is 0 Å². The van der Waals surface area contributed by atoms with E-state index in [1.807, 2.05) is 42.6 Å². The van der Waals surface area contributed by atoms with E-state index < -0.39 is 12.1 Å². The van der Waals surface area contributed by atoms with E-state index >= 15 is 0 Å². The normalized spacial score (nSPS) is 16.2. The second kappa shape index (κ2) is 9.16. The largest absolute Gasteiger partial charge is 0.445 e. The topological polar surface area (TPSA) is 71.5 Å². The quantitative estimate of drug-likeness (QED) is 0.852. The molecule has 2 heterocycles. The zero-order valence-electron chi connectivity index (χ0n) is 15.6. The summed E-state index contributed by atoms with van der Waals surface area (Å²) in [4.78, 5) is 30.7. The molecule has 1 saturated heterocycles. The fraction of sp³-hybridized carbons (Fsp3) is 0.381. The maximum absolute atomic E-state index is 12.6. The summed E-state index contributed by atoms with van der Waals surface area (Å²) in [5.74, 6) is -0.147. The summed E-state index contributed by atoms with van der Waals surface area (Å²) in [6.07, 6.45) is 5.49. The molecule has 0 bridgehead atoms. The lowest BCUT2D eigenvalue weighted by molar-refractivity contribution is -0.125. The molecule has 1 aliphatic heterocycles. The van der Waals surface area contributed by atoms with E-state index in [4.69, 9.17) is 4.74 Å². The Bertz CT molecular complexity index is 779. The predicted molar refractivity (Wildman–Crippen MR) is 102 cm³/mol. The van der Waals surface area contributed by atoms with Crippen molar-refractivity contribution in [3.63, 3.8) is 0 Å². The van der Waals surface area contributed by atoms with E-state index in [9.17, 15) is 9.59 Å². The van der Waals surface area contributed by atoms with Gasteiger partial charge in [-0.25, -0.2) is 4.79 Å². The van der Waals surface area contributed by atoms with Crippen LogP contribution in [-0.4, -0.2) is 34.5 Å². The Labute approximate surface area is 159 Å². The third kappa shape index (κ3) is 5.06. The van der Waals surface area contributed by atoms with Crippen LogP contribution in [0.15, 0.2) is 48.8 Å². The molecule has 1 N–H and O–H groups in total. The number of hydrogen-bond donors (Lipinski definition) is 1. The molecule has 1 aliphatic rings. The number of carbonyl (C=O) groups is 2. The Hall–Kier alpha value is -2.89. The van der Waals surface area contributed by atoms with Gasteiger partial charge >= 0.3 is 6.09 Å². The van der Waals surface area contributed by atoms with E-state index in [0.717, 1.165) is 29.5 Å². The molecule has 0 saturated carbocycles. The number of nitrogens with zero attached hydrogens (tertiary/aromatic N) is 2. The number of aryl methyl sites for hydroxylation is 1. The summed E-state index contributed by atoms with van der Waals surface area (Å²) in [6, 6.07) is 11.1. The van der Waals surface area contributed by atoms with Gasteiger partial charge < -0.3 is 10.1 Å². The predicted octanol–water partition coefficient (Wildman–Crippen LogP) is 3.06. The van der Waals surface area contributed by atoms with Crippen LogP contribution < -0.4 is 5.32 Å². The van der Waals surface area contributed by atoms with Crippen molar-refractivity contribution in [2.75, 3.05) is 6.54 Å². The van der Waals surface area contributed by atoms with Gasteiger partial charge in [-0.2, -0.15) is 0 Å². The summed E-state index contributed by atoms with van der Waals surface area (Å²) in [5, 5.41) is 2.92. The maximum Gasteiger partial charge on any atom is 0.410 e. The summed E-state index contributed by atoms with van der Waals surface area (Å²) in [7, 11) is 0. The highest BCUT2D eigenvalue weighted by Gasteiger charge is 2.34. The summed E-state index contributed by atoms with van der Waals surface area (Å²) >= 11 is 0. The Kier molecular flexibility index (Phi) is 6.41. The Morgan fingerprint density at radius 3 is 2.74 bits per heavy atom. The lowest BCUT2D eigenvalue weighted by Crippen LogP contribution is -2.45. The van der Waals surface area contributed by atoms with Crippen molar-refractivity contribution in [2.45, 2.75) is 45.4 Å². The number of carbonyl (C=O) groups excluding carboxylic acids is 2. The van der Waals surface area contributed by atoms with Crippen molar-refractivity contribution in [1.29, 1.82) is 0 Å². The molecular weight excluding hydrogens is 342 g/mol.